The van der Waals surface area contributed by atoms with Crippen LogP contribution in [0, 0.1) is 5.92 Å². The zero-order chi connectivity index (χ0) is 26.3. The van der Waals surface area contributed by atoms with Crippen molar-refractivity contribution >= 4 is 5.97 Å². The van der Waals surface area contributed by atoms with Gasteiger partial charge in [-0.2, -0.15) is 0 Å². The second kappa shape index (κ2) is 15.7. The lowest BCUT2D eigenvalue weighted by Crippen LogP contribution is -2.08. The molecule has 0 aromatic heterocycles. The molecule has 0 amide bonds. The van der Waals surface area contributed by atoms with Crippen LogP contribution in [-0.4, -0.2) is 12.6 Å². The van der Waals surface area contributed by atoms with Gasteiger partial charge in [0.05, 0.1) is 12.2 Å². The average Bonchev–Trinajstić information content (AvgIpc) is 2.93. The molecule has 3 nitrogen and oxygen atoms in total. The molecule has 1 unspecified atom stereocenters. The van der Waals surface area contributed by atoms with E-state index in [0.29, 0.717) is 23.8 Å². The second-order valence-electron chi connectivity index (χ2n) is 9.90. The Labute approximate surface area is 223 Å². The molecule has 0 fully saturated rings. The molecule has 0 bridgehead atoms. The number of carbonyl (C=O) groups is 1. The SMILES string of the molecule is C=CCCCCCCCCOc1ccc(OC(=O)c2ccc(-c3ccc(CC(C)CC)cc3)cc2)cc1. The van der Waals surface area contributed by atoms with Crippen LogP contribution in [0.4, 0.5) is 0 Å². The summed E-state index contributed by atoms with van der Waals surface area (Å²) in [6.07, 6.45) is 12.7. The highest BCUT2D eigenvalue weighted by Gasteiger charge is 2.10. The number of hydrogen-bond acceptors (Lipinski definition) is 3. The van der Waals surface area contributed by atoms with Crippen LogP contribution in [0.3, 0.4) is 0 Å². The summed E-state index contributed by atoms with van der Waals surface area (Å²) in [4.78, 5) is 12.6. The molecule has 3 aromatic carbocycles. The monoisotopic (exact) mass is 498 g/mol. The predicted molar refractivity (Wildman–Crippen MR) is 154 cm³/mol. The van der Waals surface area contributed by atoms with Gasteiger partial charge in [-0.25, -0.2) is 4.79 Å². The van der Waals surface area contributed by atoms with Crippen LogP contribution in [0.2, 0.25) is 0 Å². The van der Waals surface area contributed by atoms with Gasteiger partial charge in [-0.3, -0.25) is 0 Å². The number of allylic oxidation sites excluding steroid dienone is 1. The second-order valence-corrected chi connectivity index (χ2v) is 9.90. The van der Waals surface area contributed by atoms with Crippen molar-refractivity contribution in [3.05, 3.63) is 96.6 Å². The van der Waals surface area contributed by atoms with Gasteiger partial charge in [0.15, 0.2) is 0 Å². The highest BCUT2D eigenvalue weighted by atomic mass is 16.5. The Bertz CT molecular complexity index is 1070. The Kier molecular flexibility index (Phi) is 12.0. The molecule has 1 atom stereocenters. The van der Waals surface area contributed by atoms with E-state index in [4.69, 9.17) is 9.47 Å². The number of ether oxygens (including phenoxy) is 2. The van der Waals surface area contributed by atoms with E-state index in [2.05, 4.69) is 44.7 Å². The number of hydrogen-bond donors (Lipinski definition) is 0. The maximum Gasteiger partial charge on any atom is 0.343 e. The first-order valence-electron chi connectivity index (χ1n) is 13.8. The minimum Gasteiger partial charge on any atom is -0.494 e. The van der Waals surface area contributed by atoms with Crippen molar-refractivity contribution in [1.29, 1.82) is 0 Å². The summed E-state index contributed by atoms with van der Waals surface area (Å²) in [7, 11) is 0. The van der Waals surface area contributed by atoms with Gasteiger partial charge >= 0.3 is 5.97 Å². The molecule has 37 heavy (non-hydrogen) atoms. The molecule has 3 aromatic rings. The lowest BCUT2D eigenvalue weighted by molar-refractivity contribution is 0.0734. The third-order valence-electron chi connectivity index (χ3n) is 6.79. The Morgan fingerprint density at radius 1 is 0.784 bits per heavy atom. The predicted octanol–water partition coefficient (Wildman–Crippen LogP) is 9.46. The summed E-state index contributed by atoms with van der Waals surface area (Å²) >= 11 is 0. The van der Waals surface area contributed by atoms with E-state index in [0.717, 1.165) is 36.1 Å². The van der Waals surface area contributed by atoms with Gasteiger partial charge in [-0.15, -0.1) is 6.58 Å². The van der Waals surface area contributed by atoms with E-state index >= 15 is 0 Å². The molecule has 0 saturated carbocycles. The van der Waals surface area contributed by atoms with Crippen molar-refractivity contribution in [3.63, 3.8) is 0 Å². The van der Waals surface area contributed by atoms with Crippen LogP contribution in [0.15, 0.2) is 85.5 Å². The van der Waals surface area contributed by atoms with Gasteiger partial charge in [-0.1, -0.05) is 88.4 Å². The number of unbranched alkanes of at least 4 members (excludes halogenated alkanes) is 6. The zero-order valence-corrected chi connectivity index (χ0v) is 22.6. The zero-order valence-electron chi connectivity index (χ0n) is 22.6. The number of esters is 1. The Morgan fingerprint density at radius 2 is 1.35 bits per heavy atom. The smallest absolute Gasteiger partial charge is 0.343 e. The number of benzene rings is 3. The highest BCUT2D eigenvalue weighted by molar-refractivity contribution is 5.91. The molecule has 3 rings (SSSR count). The fourth-order valence-electron chi connectivity index (χ4n) is 4.24. The van der Waals surface area contributed by atoms with E-state index in [1.165, 1.54) is 44.1 Å². The molecule has 0 spiro atoms. The summed E-state index contributed by atoms with van der Waals surface area (Å²) in [6.45, 7) is 8.98. The van der Waals surface area contributed by atoms with Crippen molar-refractivity contribution in [2.75, 3.05) is 6.61 Å². The molecule has 0 aliphatic rings. The van der Waals surface area contributed by atoms with E-state index < -0.39 is 0 Å². The van der Waals surface area contributed by atoms with Crippen molar-refractivity contribution in [1.82, 2.24) is 0 Å². The van der Waals surface area contributed by atoms with E-state index in [1.807, 2.05) is 42.5 Å². The number of rotatable bonds is 16. The molecule has 0 heterocycles. The van der Waals surface area contributed by atoms with Crippen LogP contribution in [0.25, 0.3) is 11.1 Å². The average molecular weight is 499 g/mol. The summed E-state index contributed by atoms with van der Waals surface area (Å²) < 4.78 is 11.4. The summed E-state index contributed by atoms with van der Waals surface area (Å²) in [5.41, 5.74) is 4.12. The quantitative estimate of drug-likeness (QED) is 0.0854. The Balaban J connectivity index is 1.41. The molecule has 0 saturated heterocycles. The third kappa shape index (κ3) is 9.92. The van der Waals surface area contributed by atoms with Gasteiger partial charge in [0, 0.05) is 0 Å². The van der Waals surface area contributed by atoms with E-state index in [9.17, 15) is 4.79 Å². The topological polar surface area (TPSA) is 35.5 Å². The molecule has 0 radical (unpaired) electrons. The largest absolute Gasteiger partial charge is 0.494 e. The molecular formula is C34H42O3. The lowest BCUT2D eigenvalue weighted by atomic mass is 9.96. The molecule has 196 valence electrons. The van der Waals surface area contributed by atoms with Gasteiger partial charge in [0.1, 0.15) is 11.5 Å². The standard InChI is InChI=1S/C34H42O3/c1-4-6-7-8-9-10-11-12-25-36-32-21-23-33(24-22-32)37-34(35)31-19-17-30(18-20-31)29-15-13-28(14-16-29)26-27(3)5-2/h4,13-24,27H,1,5-12,25-26H2,2-3H3. The minimum atomic E-state index is -0.364. The Morgan fingerprint density at radius 3 is 1.97 bits per heavy atom. The van der Waals surface area contributed by atoms with Crippen molar-refractivity contribution in [2.45, 2.75) is 71.6 Å². The van der Waals surface area contributed by atoms with Crippen LogP contribution in [0.1, 0.15) is 81.1 Å². The minimum absolute atomic E-state index is 0.364. The normalized spacial score (nSPS) is 11.6. The molecular weight excluding hydrogens is 456 g/mol. The summed E-state index contributed by atoms with van der Waals surface area (Å²) in [5.74, 6) is 1.64. The van der Waals surface area contributed by atoms with E-state index in [1.54, 1.807) is 12.1 Å². The maximum atomic E-state index is 12.6. The lowest BCUT2D eigenvalue weighted by Gasteiger charge is -2.10. The first kappa shape index (κ1) is 28.2. The highest BCUT2D eigenvalue weighted by Crippen LogP contribution is 2.23. The summed E-state index contributed by atoms with van der Waals surface area (Å²) in [5, 5.41) is 0. The maximum absolute atomic E-state index is 12.6. The van der Waals surface area contributed by atoms with Gasteiger partial charge in [-0.05, 0) is 84.7 Å². The third-order valence-corrected chi connectivity index (χ3v) is 6.79. The molecule has 0 N–H and O–H groups in total. The fourth-order valence-corrected chi connectivity index (χ4v) is 4.24. The first-order valence-corrected chi connectivity index (χ1v) is 13.8. The van der Waals surface area contributed by atoms with Gasteiger partial charge < -0.3 is 9.47 Å². The van der Waals surface area contributed by atoms with Crippen LogP contribution in [-0.2, 0) is 6.42 Å². The molecule has 0 aliphatic heterocycles. The fraction of sp³-hybridized carbons (Fsp3) is 0.382. The summed E-state index contributed by atoms with van der Waals surface area (Å²) in [6, 6.07) is 23.6. The van der Waals surface area contributed by atoms with Gasteiger partial charge in [0.2, 0.25) is 0 Å². The first-order chi connectivity index (χ1) is 18.1. The van der Waals surface area contributed by atoms with Crippen molar-refractivity contribution < 1.29 is 14.3 Å². The van der Waals surface area contributed by atoms with Crippen LogP contribution >= 0.6 is 0 Å². The van der Waals surface area contributed by atoms with Crippen LogP contribution in [0.5, 0.6) is 11.5 Å². The van der Waals surface area contributed by atoms with E-state index in [-0.39, 0.29) is 5.97 Å². The van der Waals surface area contributed by atoms with Gasteiger partial charge in [0.25, 0.3) is 0 Å². The Hall–Kier alpha value is -3.33. The van der Waals surface area contributed by atoms with Crippen molar-refractivity contribution in [2.24, 2.45) is 5.92 Å². The molecule has 3 heteroatoms. The van der Waals surface area contributed by atoms with Crippen LogP contribution < -0.4 is 9.47 Å². The number of carbonyl (C=O) groups excluding carboxylic acids is 1. The van der Waals surface area contributed by atoms with Crippen molar-refractivity contribution in [3.8, 4) is 22.6 Å². The molecule has 0 aliphatic carbocycles.